The summed E-state index contributed by atoms with van der Waals surface area (Å²) in [4.78, 5) is 31.2. The number of alkyl halides is 3. The van der Waals surface area contributed by atoms with Crippen LogP contribution >= 0.6 is 0 Å². The number of hydrogen-bond donors (Lipinski definition) is 2. The van der Waals surface area contributed by atoms with Gasteiger partial charge in [-0.15, -0.1) is 13.2 Å². The standard InChI is InChI=1S/C23H23F3N6O4/c1-3-35-13-18(14-4-6-16(7-5-14)36-23(24,25)26)30-22(34)32-12-20(33)29-17-10-15(11-27-21(17)32)19-8-9-28-31(19)2/h4-11,18H,3,12-13H2,1-2H3,(H,29,33)(H,30,34). The smallest absolute Gasteiger partial charge is 0.406 e. The van der Waals surface area contributed by atoms with Gasteiger partial charge in [-0.3, -0.25) is 14.4 Å². The van der Waals surface area contributed by atoms with Crippen molar-refractivity contribution in [3.63, 3.8) is 0 Å². The highest BCUT2D eigenvalue weighted by Gasteiger charge is 2.32. The lowest BCUT2D eigenvalue weighted by Crippen LogP contribution is -2.49. The number of halogens is 3. The third-order valence-electron chi connectivity index (χ3n) is 5.36. The number of rotatable bonds is 7. The van der Waals surface area contributed by atoms with E-state index in [1.54, 1.807) is 43.2 Å². The van der Waals surface area contributed by atoms with Gasteiger partial charge in [-0.2, -0.15) is 5.10 Å². The second-order valence-electron chi connectivity index (χ2n) is 7.85. The molecule has 0 saturated heterocycles. The molecule has 2 aromatic heterocycles. The minimum atomic E-state index is -4.81. The molecule has 2 N–H and O–H groups in total. The lowest BCUT2D eigenvalue weighted by molar-refractivity contribution is -0.274. The van der Waals surface area contributed by atoms with Gasteiger partial charge in [0.15, 0.2) is 5.82 Å². The molecule has 190 valence electrons. The maximum atomic E-state index is 13.2. The molecule has 0 bridgehead atoms. The average molecular weight is 504 g/mol. The lowest BCUT2D eigenvalue weighted by Gasteiger charge is -2.30. The number of anilines is 2. The number of urea groups is 1. The maximum Gasteiger partial charge on any atom is 0.573 e. The summed E-state index contributed by atoms with van der Waals surface area (Å²) in [5.74, 6) is -0.540. The van der Waals surface area contributed by atoms with E-state index in [9.17, 15) is 22.8 Å². The van der Waals surface area contributed by atoms with Gasteiger partial charge in [0, 0.05) is 31.6 Å². The fourth-order valence-corrected chi connectivity index (χ4v) is 3.72. The Labute approximate surface area is 204 Å². The summed E-state index contributed by atoms with van der Waals surface area (Å²) in [6.45, 7) is 1.92. The van der Waals surface area contributed by atoms with Gasteiger partial charge in [0.05, 0.1) is 24.0 Å². The van der Waals surface area contributed by atoms with Crippen molar-refractivity contribution in [2.75, 3.05) is 30.0 Å². The third-order valence-corrected chi connectivity index (χ3v) is 5.36. The fraction of sp³-hybridized carbons (Fsp3) is 0.304. The van der Waals surface area contributed by atoms with Crippen molar-refractivity contribution in [2.45, 2.75) is 19.3 Å². The third kappa shape index (κ3) is 5.74. The zero-order valence-corrected chi connectivity index (χ0v) is 19.4. The van der Waals surface area contributed by atoms with Crippen molar-refractivity contribution in [2.24, 2.45) is 7.05 Å². The van der Waals surface area contributed by atoms with Crippen LogP contribution in [0.15, 0.2) is 48.8 Å². The van der Waals surface area contributed by atoms with Gasteiger partial charge in [0.1, 0.15) is 12.3 Å². The quantitative estimate of drug-likeness (QED) is 0.509. The second kappa shape index (κ2) is 10.2. The predicted molar refractivity (Wildman–Crippen MR) is 123 cm³/mol. The van der Waals surface area contributed by atoms with Crippen molar-refractivity contribution in [1.82, 2.24) is 20.1 Å². The van der Waals surface area contributed by atoms with Crippen LogP contribution < -0.4 is 20.3 Å². The number of carbonyl (C=O) groups is 2. The van der Waals surface area contributed by atoms with E-state index in [1.807, 2.05) is 0 Å². The van der Waals surface area contributed by atoms with Gasteiger partial charge in [-0.05, 0) is 36.8 Å². The zero-order valence-electron chi connectivity index (χ0n) is 19.4. The molecule has 13 heteroatoms. The van der Waals surface area contributed by atoms with Gasteiger partial charge in [0.25, 0.3) is 0 Å². The summed E-state index contributed by atoms with van der Waals surface area (Å²) in [6.07, 6.45) is -1.61. The van der Waals surface area contributed by atoms with E-state index in [0.29, 0.717) is 23.4 Å². The fourth-order valence-electron chi connectivity index (χ4n) is 3.72. The van der Waals surface area contributed by atoms with E-state index in [-0.39, 0.29) is 24.7 Å². The first-order chi connectivity index (χ1) is 17.1. The number of carbonyl (C=O) groups excluding carboxylic acids is 2. The monoisotopic (exact) mass is 504 g/mol. The van der Waals surface area contributed by atoms with E-state index in [1.165, 1.54) is 17.0 Å². The van der Waals surface area contributed by atoms with Crippen LogP contribution in [0.25, 0.3) is 11.3 Å². The van der Waals surface area contributed by atoms with Crippen molar-refractivity contribution in [1.29, 1.82) is 0 Å². The van der Waals surface area contributed by atoms with Crippen molar-refractivity contribution < 1.29 is 32.2 Å². The summed E-state index contributed by atoms with van der Waals surface area (Å²) in [7, 11) is 1.77. The number of aryl methyl sites for hydroxylation is 1. The van der Waals surface area contributed by atoms with E-state index in [2.05, 4.69) is 25.5 Å². The first-order valence-electron chi connectivity index (χ1n) is 10.9. The molecule has 1 aliphatic rings. The summed E-state index contributed by atoms with van der Waals surface area (Å²) in [6, 6.07) is 7.28. The van der Waals surface area contributed by atoms with E-state index < -0.39 is 24.3 Å². The van der Waals surface area contributed by atoms with E-state index >= 15 is 0 Å². The van der Waals surface area contributed by atoms with Gasteiger partial charge in [0.2, 0.25) is 5.91 Å². The molecule has 10 nitrogen and oxygen atoms in total. The molecule has 0 aliphatic carbocycles. The number of benzene rings is 1. The SMILES string of the molecule is CCOCC(NC(=O)N1CC(=O)Nc2cc(-c3ccnn3C)cnc21)c1ccc(OC(F)(F)F)cc1. The second-order valence-corrected chi connectivity index (χ2v) is 7.85. The van der Waals surface area contributed by atoms with Gasteiger partial charge >= 0.3 is 12.4 Å². The minimum Gasteiger partial charge on any atom is -0.406 e. The molecule has 3 amide bonds. The molecule has 4 rings (SSSR count). The Morgan fingerprint density at radius 2 is 2.00 bits per heavy atom. The number of aromatic nitrogens is 3. The molecule has 3 aromatic rings. The summed E-state index contributed by atoms with van der Waals surface area (Å²) in [5, 5.41) is 9.63. The van der Waals surface area contributed by atoms with Crippen LogP contribution in [-0.2, 0) is 16.6 Å². The van der Waals surface area contributed by atoms with Crippen LogP contribution in [0.5, 0.6) is 5.75 Å². The van der Waals surface area contributed by atoms with E-state index in [0.717, 1.165) is 17.8 Å². The number of amides is 3. The Morgan fingerprint density at radius 1 is 1.25 bits per heavy atom. The van der Waals surface area contributed by atoms with E-state index in [4.69, 9.17) is 4.74 Å². The van der Waals surface area contributed by atoms with Crippen LogP contribution in [0, 0.1) is 0 Å². The van der Waals surface area contributed by atoms with Gasteiger partial charge < -0.3 is 20.1 Å². The Hall–Kier alpha value is -4.13. The normalized spacial score (nSPS) is 14.1. The van der Waals surface area contributed by atoms with Crippen LogP contribution in [0.3, 0.4) is 0 Å². The molecular weight excluding hydrogens is 481 g/mol. The minimum absolute atomic E-state index is 0.0570. The highest BCUT2D eigenvalue weighted by Crippen LogP contribution is 2.32. The number of pyridine rings is 1. The molecule has 0 spiro atoms. The average Bonchev–Trinajstić information content (AvgIpc) is 3.26. The number of ether oxygens (including phenoxy) is 2. The molecule has 3 heterocycles. The zero-order chi connectivity index (χ0) is 25.9. The summed E-state index contributed by atoms with van der Waals surface area (Å²) < 4.78 is 48.4. The number of nitrogens with zero attached hydrogens (tertiary/aromatic N) is 4. The predicted octanol–water partition coefficient (Wildman–Crippen LogP) is 3.63. The van der Waals surface area contributed by atoms with Crippen LogP contribution in [0.4, 0.5) is 29.5 Å². The number of nitrogens with one attached hydrogen (secondary N) is 2. The molecule has 0 fully saturated rings. The highest BCUT2D eigenvalue weighted by atomic mass is 19.4. The van der Waals surface area contributed by atoms with Crippen molar-refractivity contribution in [3.8, 4) is 17.0 Å². The van der Waals surface area contributed by atoms with Crippen LogP contribution in [0.2, 0.25) is 0 Å². The number of fused-ring (bicyclic) bond motifs is 1. The molecule has 0 radical (unpaired) electrons. The summed E-state index contributed by atoms with van der Waals surface area (Å²) >= 11 is 0. The first kappa shape index (κ1) is 25.0. The van der Waals surface area contributed by atoms with Gasteiger partial charge in [-0.25, -0.2) is 9.78 Å². The highest BCUT2D eigenvalue weighted by molar-refractivity contribution is 6.09. The molecular formula is C23H23F3N6O4. The van der Waals surface area contributed by atoms with Crippen molar-refractivity contribution in [3.05, 3.63) is 54.4 Å². The molecule has 1 aromatic carbocycles. The molecule has 1 atom stereocenters. The molecule has 1 aliphatic heterocycles. The summed E-state index contributed by atoms with van der Waals surface area (Å²) in [5.41, 5.74) is 2.32. The van der Waals surface area contributed by atoms with Crippen LogP contribution in [-0.4, -0.2) is 52.8 Å². The maximum absolute atomic E-state index is 13.2. The first-order valence-corrected chi connectivity index (χ1v) is 10.9. The topological polar surface area (TPSA) is 111 Å². The Balaban J connectivity index is 1.56. The Bertz CT molecular complexity index is 1250. The Morgan fingerprint density at radius 3 is 2.64 bits per heavy atom. The molecule has 1 unspecified atom stereocenters. The van der Waals surface area contributed by atoms with Crippen LogP contribution in [0.1, 0.15) is 18.5 Å². The number of hydrogen-bond acceptors (Lipinski definition) is 6. The van der Waals surface area contributed by atoms with Crippen molar-refractivity contribution >= 4 is 23.4 Å². The van der Waals surface area contributed by atoms with Gasteiger partial charge in [-0.1, -0.05) is 12.1 Å². The Kier molecular flexibility index (Phi) is 7.10. The largest absolute Gasteiger partial charge is 0.573 e. The lowest BCUT2D eigenvalue weighted by atomic mass is 10.1. The molecule has 0 saturated carbocycles. The molecule has 36 heavy (non-hydrogen) atoms.